The van der Waals surface area contributed by atoms with E-state index in [9.17, 15) is 9.90 Å². The molecule has 1 saturated heterocycles. The van der Waals surface area contributed by atoms with E-state index < -0.39 is 23.5 Å². The number of rotatable bonds is 3. The van der Waals surface area contributed by atoms with Crippen LogP contribution in [0.5, 0.6) is 0 Å². The second-order valence-corrected chi connectivity index (χ2v) is 6.44. The maximum Gasteiger partial charge on any atom is 0.338 e. The summed E-state index contributed by atoms with van der Waals surface area (Å²) in [5.74, 6) is -1.71. The van der Waals surface area contributed by atoms with Crippen molar-refractivity contribution in [2.24, 2.45) is 0 Å². The Labute approximate surface area is 129 Å². The number of carboxylic acid groups (broad SMARTS) is 1. The van der Waals surface area contributed by atoms with Gasteiger partial charge in [-0.1, -0.05) is 29.8 Å². The fourth-order valence-electron chi connectivity index (χ4n) is 3.26. The molecule has 2 atom stereocenters. The summed E-state index contributed by atoms with van der Waals surface area (Å²) in [6.07, 6.45) is 3.44. The predicted molar refractivity (Wildman–Crippen MR) is 78.4 cm³/mol. The lowest BCUT2D eigenvalue weighted by molar-refractivity contribution is -0.194. The zero-order valence-corrected chi connectivity index (χ0v) is 12.7. The third-order valence-corrected chi connectivity index (χ3v) is 4.89. The minimum absolute atomic E-state index is 0.435. The van der Waals surface area contributed by atoms with Gasteiger partial charge < -0.3 is 14.6 Å². The molecule has 1 heterocycles. The van der Waals surface area contributed by atoms with Crippen LogP contribution in [0.4, 0.5) is 0 Å². The van der Waals surface area contributed by atoms with Crippen molar-refractivity contribution in [2.75, 3.05) is 0 Å². The van der Waals surface area contributed by atoms with E-state index >= 15 is 0 Å². The van der Waals surface area contributed by atoms with Gasteiger partial charge in [-0.15, -0.1) is 0 Å². The standard InChI is InChI=1S/C16H19ClO4/c1-15(14(18)19)13(10-11-6-2-3-7-12(11)17)20-16(21-15)8-4-5-9-16/h2-3,6-7,13H,4-5,8-10H2,1H3,(H,18,19)/t13-,15+/m1/s1. The van der Waals surface area contributed by atoms with Crippen molar-refractivity contribution < 1.29 is 19.4 Å². The molecule has 1 N–H and O–H groups in total. The molecule has 1 saturated carbocycles. The van der Waals surface area contributed by atoms with Gasteiger partial charge in [0.15, 0.2) is 11.4 Å². The highest BCUT2D eigenvalue weighted by Crippen LogP contribution is 2.47. The van der Waals surface area contributed by atoms with Gasteiger partial charge in [0.25, 0.3) is 0 Å². The van der Waals surface area contributed by atoms with Gasteiger partial charge in [-0.25, -0.2) is 4.79 Å². The number of carboxylic acids is 1. The minimum Gasteiger partial charge on any atom is -0.479 e. The zero-order valence-electron chi connectivity index (χ0n) is 12.0. The van der Waals surface area contributed by atoms with E-state index in [0.717, 1.165) is 31.2 Å². The van der Waals surface area contributed by atoms with Gasteiger partial charge in [0.05, 0.1) is 0 Å². The van der Waals surface area contributed by atoms with Crippen LogP contribution in [-0.2, 0) is 20.7 Å². The number of ether oxygens (including phenoxy) is 2. The van der Waals surface area contributed by atoms with Gasteiger partial charge in [-0.2, -0.15) is 0 Å². The SMILES string of the molecule is C[C@]1(C(=O)O)OC2(CCCC2)O[C@@H]1Cc1ccccc1Cl. The normalized spacial score (nSPS) is 30.9. The van der Waals surface area contributed by atoms with Crippen molar-refractivity contribution in [3.8, 4) is 0 Å². The highest BCUT2D eigenvalue weighted by molar-refractivity contribution is 6.31. The lowest BCUT2D eigenvalue weighted by Crippen LogP contribution is -2.46. The number of hydrogen-bond acceptors (Lipinski definition) is 3. The quantitative estimate of drug-likeness (QED) is 0.929. The number of halogens is 1. The summed E-state index contributed by atoms with van der Waals surface area (Å²) in [4.78, 5) is 11.7. The van der Waals surface area contributed by atoms with Gasteiger partial charge in [0.1, 0.15) is 6.10 Å². The topological polar surface area (TPSA) is 55.8 Å². The maximum atomic E-state index is 11.7. The predicted octanol–water partition coefficient (Wildman–Crippen LogP) is 3.41. The highest BCUT2D eigenvalue weighted by atomic mass is 35.5. The fourth-order valence-corrected chi connectivity index (χ4v) is 3.48. The smallest absolute Gasteiger partial charge is 0.338 e. The van der Waals surface area contributed by atoms with E-state index in [0.29, 0.717) is 11.4 Å². The molecule has 0 aromatic heterocycles. The Morgan fingerprint density at radius 2 is 2.05 bits per heavy atom. The Hall–Kier alpha value is -1.10. The van der Waals surface area contributed by atoms with Crippen LogP contribution in [0.15, 0.2) is 24.3 Å². The van der Waals surface area contributed by atoms with Crippen LogP contribution in [0.2, 0.25) is 5.02 Å². The molecule has 0 unspecified atom stereocenters. The molecule has 21 heavy (non-hydrogen) atoms. The molecule has 1 aliphatic carbocycles. The third-order valence-electron chi connectivity index (χ3n) is 4.52. The number of carbonyl (C=O) groups is 1. The van der Waals surface area contributed by atoms with Crippen molar-refractivity contribution in [3.05, 3.63) is 34.9 Å². The molecule has 3 rings (SSSR count). The van der Waals surface area contributed by atoms with Gasteiger partial charge in [0, 0.05) is 24.3 Å². The van der Waals surface area contributed by atoms with Gasteiger partial charge >= 0.3 is 5.97 Å². The van der Waals surface area contributed by atoms with Crippen LogP contribution >= 0.6 is 11.6 Å². The Bertz CT molecular complexity index is 553. The van der Waals surface area contributed by atoms with Gasteiger partial charge in [-0.3, -0.25) is 0 Å². The molecule has 0 bridgehead atoms. The molecular weight excluding hydrogens is 292 g/mol. The van der Waals surface area contributed by atoms with Crippen LogP contribution in [0.3, 0.4) is 0 Å². The largest absolute Gasteiger partial charge is 0.479 e. The second-order valence-electron chi connectivity index (χ2n) is 6.03. The second kappa shape index (κ2) is 5.27. The van der Waals surface area contributed by atoms with Crippen molar-refractivity contribution in [1.29, 1.82) is 0 Å². The number of hydrogen-bond donors (Lipinski definition) is 1. The summed E-state index contributed by atoms with van der Waals surface area (Å²) in [5.41, 5.74) is -0.445. The lowest BCUT2D eigenvalue weighted by atomic mass is 9.93. The average Bonchev–Trinajstić information content (AvgIpc) is 2.99. The molecule has 1 spiro atoms. The van der Waals surface area contributed by atoms with E-state index in [2.05, 4.69) is 0 Å². The van der Waals surface area contributed by atoms with Crippen LogP contribution in [0.25, 0.3) is 0 Å². The summed E-state index contributed by atoms with van der Waals surface area (Å²) in [6, 6.07) is 7.44. The maximum absolute atomic E-state index is 11.7. The molecule has 1 aromatic carbocycles. The first-order chi connectivity index (χ1) is 9.95. The molecule has 0 radical (unpaired) electrons. The Morgan fingerprint density at radius 3 is 2.67 bits per heavy atom. The van der Waals surface area contributed by atoms with E-state index in [1.807, 2.05) is 18.2 Å². The van der Waals surface area contributed by atoms with Crippen molar-refractivity contribution in [1.82, 2.24) is 0 Å². The van der Waals surface area contributed by atoms with Crippen LogP contribution in [0, 0.1) is 0 Å². The average molecular weight is 311 g/mol. The monoisotopic (exact) mass is 310 g/mol. The number of aliphatic carboxylic acids is 1. The minimum atomic E-state index is -1.33. The fraction of sp³-hybridized carbons (Fsp3) is 0.562. The zero-order chi connectivity index (χ0) is 15.1. The van der Waals surface area contributed by atoms with Gasteiger partial charge in [-0.05, 0) is 31.4 Å². The molecule has 5 heteroatoms. The first kappa shape index (κ1) is 14.8. The molecule has 2 aliphatic rings. The van der Waals surface area contributed by atoms with Crippen molar-refractivity contribution >= 4 is 17.6 Å². The summed E-state index contributed by atoms with van der Waals surface area (Å²) in [6.45, 7) is 1.60. The van der Waals surface area contributed by atoms with E-state index in [4.69, 9.17) is 21.1 Å². The molecule has 4 nitrogen and oxygen atoms in total. The van der Waals surface area contributed by atoms with Crippen LogP contribution < -0.4 is 0 Å². The first-order valence-corrected chi connectivity index (χ1v) is 7.68. The summed E-state index contributed by atoms with van der Waals surface area (Å²) in [5, 5.41) is 10.2. The molecule has 1 aliphatic heterocycles. The van der Waals surface area contributed by atoms with Gasteiger partial charge in [0.2, 0.25) is 0 Å². The third kappa shape index (κ3) is 2.56. The molecule has 1 aromatic rings. The lowest BCUT2D eigenvalue weighted by Gasteiger charge is -2.25. The Kier molecular flexibility index (Phi) is 3.72. The first-order valence-electron chi connectivity index (χ1n) is 7.30. The van der Waals surface area contributed by atoms with Crippen molar-refractivity contribution in [2.45, 2.75) is 56.5 Å². The summed E-state index contributed by atoms with van der Waals surface area (Å²) >= 11 is 6.18. The molecule has 0 amide bonds. The molecular formula is C16H19ClO4. The summed E-state index contributed by atoms with van der Waals surface area (Å²) in [7, 11) is 0. The van der Waals surface area contributed by atoms with Crippen LogP contribution in [-0.4, -0.2) is 28.6 Å². The van der Waals surface area contributed by atoms with E-state index in [-0.39, 0.29) is 0 Å². The molecule has 2 fully saturated rings. The number of benzene rings is 1. The Morgan fingerprint density at radius 1 is 1.38 bits per heavy atom. The molecule has 114 valence electrons. The Balaban J connectivity index is 1.88. The van der Waals surface area contributed by atoms with E-state index in [1.54, 1.807) is 13.0 Å². The van der Waals surface area contributed by atoms with E-state index in [1.165, 1.54) is 0 Å². The van der Waals surface area contributed by atoms with Crippen LogP contribution in [0.1, 0.15) is 38.2 Å². The summed E-state index contributed by atoms with van der Waals surface area (Å²) < 4.78 is 12.0. The van der Waals surface area contributed by atoms with Crippen molar-refractivity contribution in [3.63, 3.8) is 0 Å². The highest BCUT2D eigenvalue weighted by Gasteiger charge is 2.59.